The summed E-state index contributed by atoms with van der Waals surface area (Å²) in [5.74, 6) is 1.14. The van der Waals surface area contributed by atoms with Crippen molar-refractivity contribution in [3.63, 3.8) is 0 Å². The Morgan fingerprint density at radius 3 is 2.39 bits per heavy atom. The maximum atomic E-state index is 12.4. The molecule has 0 radical (unpaired) electrons. The summed E-state index contributed by atoms with van der Waals surface area (Å²) in [5.41, 5.74) is 3.52. The zero-order valence-electron chi connectivity index (χ0n) is 11.8. The molecular weight excluding hydrogens is 220 g/mol. The van der Waals surface area contributed by atoms with E-state index in [4.69, 9.17) is 0 Å². The first-order valence-electron chi connectivity index (χ1n) is 7.98. The second-order valence-corrected chi connectivity index (χ2v) is 6.70. The molecule has 1 fully saturated rings. The van der Waals surface area contributed by atoms with Gasteiger partial charge < -0.3 is 0 Å². The van der Waals surface area contributed by atoms with Crippen molar-refractivity contribution in [1.29, 1.82) is 0 Å². The lowest BCUT2D eigenvalue weighted by molar-refractivity contribution is -0.128. The standard InChI is InChI=1S/C17H26O/c1-13-15-8-5-3-2-4-7-14(15)10-12-17(13)11-6-9-16(17)18/h13H,2-12H2,1H3/t13-,17+/m1/s1. The van der Waals surface area contributed by atoms with Gasteiger partial charge in [0, 0.05) is 11.8 Å². The third kappa shape index (κ3) is 1.87. The van der Waals surface area contributed by atoms with Crippen molar-refractivity contribution < 1.29 is 4.79 Å². The van der Waals surface area contributed by atoms with Crippen LogP contribution in [-0.4, -0.2) is 5.78 Å². The molecule has 3 aliphatic carbocycles. The van der Waals surface area contributed by atoms with E-state index in [-0.39, 0.29) is 5.41 Å². The molecule has 0 unspecified atom stereocenters. The maximum Gasteiger partial charge on any atom is 0.139 e. The summed E-state index contributed by atoms with van der Waals surface area (Å²) in [6.07, 6.45) is 13.7. The van der Waals surface area contributed by atoms with Crippen molar-refractivity contribution in [2.45, 2.75) is 77.6 Å². The third-order valence-electron chi connectivity index (χ3n) is 5.94. The van der Waals surface area contributed by atoms with E-state index >= 15 is 0 Å². The summed E-state index contributed by atoms with van der Waals surface area (Å²) in [6, 6.07) is 0. The zero-order valence-corrected chi connectivity index (χ0v) is 11.8. The van der Waals surface area contributed by atoms with Gasteiger partial charge in [0.15, 0.2) is 0 Å². The molecule has 3 aliphatic rings. The second-order valence-electron chi connectivity index (χ2n) is 6.70. The largest absolute Gasteiger partial charge is 0.299 e. The van der Waals surface area contributed by atoms with Gasteiger partial charge in [-0.3, -0.25) is 4.79 Å². The Balaban J connectivity index is 1.91. The minimum atomic E-state index is 0.0675. The Labute approximate surface area is 111 Å². The fourth-order valence-corrected chi connectivity index (χ4v) is 4.75. The van der Waals surface area contributed by atoms with Crippen molar-refractivity contribution in [1.82, 2.24) is 0 Å². The Bertz CT molecular complexity index is 379. The molecule has 0 N–H and O–H groups in total. The number of carbonyl (C=O) groups is 1. The first-order valence-corrected chi connectivity index (χ1v) is 7.98. The monoisotopic (exact) mass is 246 g/mol. The van der Waals surface area contributed by atoms with E-state index in [0.717, 1.165) is 19.3 Å². The average Bonchev–Trinajstić information content (AvgIpc) is 2.68. The molecule has 1 saturated carbocycles. The van der Waals surface area contributed by atoms with Crippen LogP contribution in [0.3, 0.4) is 0 Å². The summed E-state index contributed by atoms with van der Waals surface area (Å²) < 4.78 is 0. The molecule has 0 bridgehead atoms. The highest BCUT2D eigenvalue weighted by Gasteiger charge is 2.49. The normalized spacial score (nSPS) is 37.6. The van der Waals surface area contributed by atoms with Gasteiger partial charge in [-0.1, -0.05) is 30.9 Å². The smallest absolute Gasteiger partial charge is 0.139 e. The Kier molecular flexibility index (Phi) is 3.34. The lowest BCUT2D eigenvalue weighted by Crippen LogP contribution is -2.37. The van der Waals surface area contributed by atoms with E-state index in [0.29, 0.717) is 11.7 Å². The molecule has 3 rings (SSSR count). The lowest BCUT2D eigenvalue weighted by atomic mass is 9.61. The molecule has 0 aliphatic heterocycles. The highest BCUT2D eigenvalue weighted by molar-refractivity contribution is 5.87. The number of allylic oxidation sites excluding steroid dienone is 2. The van der Waals surface area contributed by atoms with Gasteiger partial charge in [-0.2, -0.15) is 0 Å². The maximum absolute atomic E-state index is 12.4. The Hall–Kier alpha value is -0.590. The first kappa shape index (κ1) is 12.4. The highest BCUT2D eigenvalue weighted by atomic mass is 16.1. The van der Waals surface area contributed by atoms with E-state index in [9.17, 15) is 4.79 Å². The number of hydrogen-bond donors (Lipinski definition) is 0. The van der Waals surface area contributed by atoms with E-state index in [1.165, 1.54) is 51.4 Å². The van der Waals surface area contributed by atoms with Gasteiger partial charge in [0.05, 0.1) is 0 Å². The van der Waals surface area contributed by atoms with Crippen molar-refractivity contribution in [3.8, 4) is 0 Å². The number of hydrogen-bond acceptors (Lipinski definition) is 1. The topological polar surface area (TPSA) is 17.1 Å². The molecule has 1 heteroatoms. The van der Waals surface area contributed by atoms with Crippen LogP contribution in [0.2, 0.25) is 0 Å². The van der Waals surface area contributed by atoms with Crippen LogP contribution in [-0.2, 0) is 4.79 Å². The van der Waals surface area contributed by atoms with E-state index in [1.54, 1.807) is 11.1 Å². The molecule has 0 heterocycles. The molecule has 0 saturated heterocycles. The van der Waals surface area contributed by atoms with Crippen LogP contribution in [0.5, 0.6) is 0 Å². The predicted octanol–water partition coefficient (Wildman–Crippen LogP) is 4.81. The van der Waals surface area contributed by atoms with Crippen molar-refractivity contribution in [2.24, 2.45) is 11.3 Å². The highest BCUT2D eigenvalue weighted by Crippen LogP contribution is 2.53. The SMILES string of the molecule is C[C@@H]1C2=C(CCCCCC2)CC[C@@]12CCCC2=O. The quantitative estimate of drug-likeness (QED) is 0.561. The average molecular weight is 246 g/mol. The Morgan fingerprint density at radius 2 is 1.67 bits per heavy atom. The minimum Gasteiger partial charge on any atom is -0.299 e. The summed E-state index contributed by atoms with van der Waals surface area (Å²) in [4.78, 5) is 12.4. The van der Waals surface area contributed by atoms with Gasteiger partial charge in [-0.15, -0.1) is 0 Å². The predicted molar refractivity (Wildman–Crippen MR) is 74.4 cm³/mol. The molecule has 18 heavy (non-hydrogen) atoms. The van der Waals surface area contributed by atoms with Crippen LogP contribution in [0.15, 0.2) is 11.1 Å². The van der Waals surface area contributed by atoms with Crippen molar-refractivity contribution in [3.05, 3.63) is 11.1 Å². The molecule has 0 amide bonds. The molecule has 1 nitrogen and oxygen atoms in total. The van der Waals surface area contributed by atoms with Crippen LogP contribution in [0.1, 0.15) is 77.6 Å². The third-order valence-corrected chi connectivity index (χ3v) is 5.94. The number of Topliss-reactive ketones (excluding diaryl/α,β-unsaturated/α-hetero) is 1. The van der Waals surface area contributed by atoms with Gasteiger partial charge in [-0.25, -0.2) is 0 Å². The first-order chi connectivity index (χ1) is 8.74. The van der Waals surface area contributed by atoms with Crippen LogP contribution in [0, 0.1) is 11.3 Å². The number of ketones is 1. The van der Waals surface area contributed by atoms with Crippen molar-refractivity contribution >= 4 is 5.78 Å². The summed E-state index contributed by atoms with van der Waals surface area (Å²) in [6.45, 7) is 2.36. The molecule has 0 aromatic heterocycles. The van der Waals surface area contributed by atoms with Gasteiger partial charge in [0.25, 0.3) is 0 Å². The summed E-state index contributed by atoms with van der Waals surface area (Å²) in [7, 11) is 0. The molecule has 2 atom stereocenters. The van der Waals surface area contributed by atoms with Crippen LogP contribution < -0.4 is 0 Å². The van der Waals surface area contributed by atoms with Gasteiger partial charge in [0.2, 0.25) is 0 Å². The molecule has 100 valence electrons. The molecular formula is C17H26O. The Morgan fingerprint density at radius 1 is 0.889 bits per heavy atom. The lowest BCUT2D eigenvalue weighted by Gasteiger charge is -2.42. The van der Waals surface area contributed by atoms with Gasteiger partial charge in [0.1, 0.15) is 5.78 Å². The van der Waals surface area contributed by atoms with E-state index < -0.39 is 0 Å². The molecule has 0 aromatic carbocycles. The minimum absolute atomic E-state index is 0.0675. The fourth-order valence-electron chi connectivity index (χ4n) is 4.75. The van der Waals surface area contributed by atoms with E-state index in [1.807, 2.05) is 0 Å². The van der Waals surface area contributed by atoms with Crippen LogP contribution >= 0.6 is 0 Å². The van der Waals surface area contributed by atoms with Crippen LogP contribution in [0.25, 0.3) is 0 Å². The van der Waals surface area contributed by atoms with Crippen molar-refractivity contribution in [2.75, 3.05) is 0 Å². The summed E-state index contributed by atoms with van der Waals surface area (Å²) >= 11 is 0. The number of rotatable bonds is 0. The zero-order chi connectivity index (χ0) is 12.6. The van der Waals surface area contributed by atoms with Crippen LogP contribution in [0.4, 0.5) is 0 Å². The summed E-state index contributed by atoms with van der Waals surface area (Å²) in [5, 5.41) is 0. The van der Waals surface area contributed by atoms with Gasteiger partial charge in [-0.05, 0) is 57.3 Å². The molecule has 1 spiro atoms. The molecule has 0 aromatic rings. The van der Waals surface area contributed by atoms with E-state index in [2.05, 4.69) is 6.92 Å². The van der Waals surface area contributed by atoms with Gasteiger partial charge >= 0.3 is 0 Å². The number of carbonyl (C=O) groups excluding carboxylic acids is 1. The second kappa shape index (κ2) is 4.83. The fraction of sp³-hybridized carbons (Fsp3) is 0.824.